The van der Waals surface area contributed by atoms with Gasteiger partial charge in [-0.1, -0.05) is 6.92 Å². The number of nitrogens with zero attached hydrogens (tertiary/aromatic N) is 1. The minimum atomic E-state index is -0.242. The van der Waals surface area contributed by atoms with Gasteiger partial charge >= 0.3 is 0 Å². The van der Waals surface area contributed by atoms with Crippen LogP contribution < -0.4 is 11.1 Å². The molecule has 0 aliphatic carbocycles. The van der Waals surface area contributed by atoms with Crippen molar-refractivity contribution in [3.05, 3.63) is 21.7 Å². The topological polar surface area (TPSA) is 68.0 Å². The lowest BCUT2D eigenvalue weighted by Gasteiger charge is -2.24. The standard InChI is InChI=1S/C16H23N3OS/c1-7-16(5,6)19-14(20)13-12(17)11-9(3)8(2)10(4)18-15(11)21-13/h7,17H2,1-6H3,(H,19,20). The molecule has 2 aromatic rings. The second-order valence-electron chi connectivity index (χ2n) is 6.16. The summed E-state index contributed by atoms with van der Waals surface area (Å²) in [6.45, 7) is 12.1. The van der Waals surface area contributed by atoms with E-state index in [9.17, 15) is 4.79 Å². The molecule has 5 heteroatoms. The molecule has 2 heterocycles. The predicted molar refractivity (Wildman–Crippen MR) is 90.1 cm³/mol. The number of pyridine rings is 1. The van der Waals surface area contributed by atoms with Crippen LogP contribution in [0.1, 0.15) is 53.7 Å². The van der Waals surface area contributed by atoms with E-state index in [2.05, 4.69) is 10.3 Å². The van der Waals surface area contributed by atoms with Crippen LogP contribution in [0.3, 0.4) is 0 Å². The molecule has 2 rings (SSSR count). The van der Waals surface area contributed by atoms with Crippen LogP contribution in [0, 0.1) is 20.8 Å². The van der Waals surface area contributed by atoms with Crippen molar-refractivity contribution < 1.29 is 4.79 Å². The maximum Gasteiger partial charge on any atom is 0.263 e. The number of nitrogens with one attached hydrogen (secondary N) is 1. The summed E-state index contributed by atoms with van der Waals surface area (Å²) in [6.07, 6.45) is 0.860. The molecule has 0 spiro atoms. The zero-order valence-electron chi connectivity index (χ0n) is 13.5. The second-order valence-corrected chi connectivity index (χ2v) is 7.16. The van der Waals surface area contributed by atoms with Gasteiger partial charge < -0.3 is 11.1 Å². The van der Waals surface area contributed by atoms with E-state index in [0.717, 1.165) is 33.5 Å². The van der Waals surface area contributed by atoms with Gasteiger partial charge in [0.1, 0.15) is 9.71 Å². The van der Waals surface area contributed by atoms with E-state index < -0.39 is 0 Å². The predicted octanol–water partition coefficient (Wildman–Crippen LogP) is 3.72. The van der Waals surface area contributed by atoms with E-state index in [0.29, 0.717) is 10.6 Å². The molecule has 3 N–H and O–H groups in total. The van der Waals surface area contributed by atoms with Gasteiger partial charge in [-0.05, 0) is 52.2 Å². The second kappa shape index (κ2) is 5.30. The fourth-order valence-corrected chi connectivity index (χ4v) is 3.29. The molecular formula is C16H23N3OS. The summed E-state index contributed by atoms with van der Waals surface area (Å²) >= 11 is 1.37. The zero-order chi connectivity index (χ0) is 15.9. The Bertz CT molecular complexity index is 716. The molecule has 0 radical (unpaired) electrons. The van der Waals surface area contributed by atoms with E-state index >= 15 is 0 Å². The Morgan fingerprint density at radius 3 is 2.48 bits per heavy atom. The number of anilines is 1. The molecule has 0 saturated carbocycles. The van der Waals surface area contributed by atoms with Crippen LogP contribution >= 0.6 is 11.3 Å². The molecule has 0 aromatic carbocycles. The lowest BCUT2D eigenvalue weighted by atomic mass is 10.0. The minimum absolute atomic E-state index is 0.114. The van der Waals surface area contributed by atoms with Crippen LogP contribution in [0.25, 0.3) is 10.2 Å². The lowest BCUT2D eigenvalue weighted by molar-refractivity contribution is 0.0916. The minimum Gasteiger partial charge on any atom is -0.397 e. The van der Waals surface area contributed by atoms with Gasteiger partial charge in [0, 0.05) is 16.6 Å². The number of thiophene rings is 1. The molecule has 0 unspecified atom stereocenters. The first-order chi connectivity index (χ1) is 9.68. The third-order valence-electron chi connectivity index (χ3n) is 4.22. The van der Waals surface area contributed by atoms with E-state index in [4.69, 9.17) is 5.73 Å². The number of aryl methyl sites for hydroxylation is 2. The molecule has 2 aromatic heterocycles. The Morgan fingerprint density at radius 1 is 1.29 bits per heavy atom. The summed E-state index contributed by atoms with van der Waals surface area (Å²) in [4.78, 5) is 18.5. The smallest absolute Gasteiger partial charge is 0.263 e. The Morgan fingerprint density at radius 2 is 1.90 bits per heavy atom. The Hall–Kier alpha value is -1.62. The van der Waals surface area contributed by atoms with Crippen LogP contribution in [0.5, 0.6) is 0 Å². The Labute approximate surface area is 129 Å². The molecule has 0 fully saturated rings. The first kappa shape index (κ1) is 15.8. The van der Waals surface area contributed by atoms with Gasteiger partial charge in [0.2, 0.25) is 0 Å². The summed E-state index contributed by atoms with van der Waals surface area (Å²) in [5.74, 6) is -0.114. The highest BCUT2D eigenvalue weighted by Crippen LogP contribution is 2.36. The Kier molecular flexibility index (Phi) is 3.97. The molecule has 0 aliphatic rings. The van der Waals surface area contributed by atoms with Gasteiger partial charge in [-0.2, -0.15) is 0 Å². The first-order valence-corrected chi connectivity index (χ1v) is 7.98. The van der Waals surface area contributed by atoms with Gasteiger partial charge in [-0.25, -0.2) is 4.98 Å². The van der Waals surface area contributed by atoms with Crippen molar-refractivity contribution in [3.8, 4) is 0 Å². The molecule has 0 bridgehead atoms. The van der Waals surface area contributed by atoms with Crippen molar-refractivity contribution in [2.24, 2.45) is 0 Å². The van der Waals surface area contributed by atoms with Gasteiger partial charge in [0.25, 0.3) is 5.91 Å². The molecule has 0 aliphatic heterocycles. The number of aromatic nitrogens is 1. The van der Waals surface area contributed by atoms with Gasteiger partial charge in [-0.3, -0.25) is 4.79 Å². The van der Waals surface area contributed by atoms with Crippen molar-refractivity contribution in [1.29, 1.82) is 0 Å². The van der Waals surface area contributed by atoms with Crippen molar-refractivity contribution in [3.63, 3.8) is 0 Å². The maximum atomic E-state index is 12.5. The number of hydrogen-bond donors (Lipinski definition) is 2. The normalized spacial score (nSPS) is 11.9. The van der Waals surface area contributed by atoms with E-state index in [1.54, 1.807) is 0 Å². The van der Waals surface area contributed by atoms with Crippen LogP contribution in [0.4, 0.5) is 5.69 Å². The molecule has 0 saturated heterocycles. The van der Waals surface area contributed by atoms with Gasteiger partial charge in [0.05, 0.1) is 5.69 Å². The van der Waals surface area contributed by atoms with Crippen molar-refractivity contribution in [1.82, 2.24) is 10.3 Å². The van der Waals surface area contributed by atoms with Crippen LogP contribution in [0.15, 0.2) is 0 Å². The fourth-order valence-electron chi connectivity index (χ4n) is 2.19. The monoisotopic (exact) mass is 305 g/mol. The van der Waals surface area contributed by atoms with Crippen LogP contribution in [0.2, 0.25) is 0 Å². The number of nitrogen functional groups attached to an aromatic ring is 1. The lowest BCUT2D eigenvalue weighted by Crippen LogP contribution is -2.42. The highest BCUT2D eigenvalue weighted by molar-refractivity contribution is 7.21. The highest BCUT2D eigenvalue weighted by atomic mass is 32.1. The highest BCUT2D eigenvalue weighted by Gasteiger charge is 2.24. The van der Waals surface area contributed by atoms with Gasteiger partial charge in [-0.15, -0.1) is 11.3 Å². The molecule has 4 nitrogen and oxygen atoms in total. The fraction of sp³-hybridized carbons (Fsp3) is 0.500. The summed E-state index contributed by atoms with van der Waals surface area (Å²) < 4.78 is 0. The average molecular weight is 305 g/mol. The summed E-state index contributed by atoms with van der Waals surface area (Å²) in [5, 5.41) is 3.96. The average Bonchev–Trinajstić information content (AvgIpc) is 2.73. The number of hydrogen-bond acceptors (Lipinski definition) is 4. The number of rotatable bonds is 3. The number of nitrogens with two attached hydrogens (primary N) is 1. The van der Waals surface area contributed by atoms with E-state index in [1.807, 2.05) is 41.5 Å². The zero-order valence-corrected chi connectivity index (χ0v) is 14.4. The maximum absolute atomic E-state index is 12.5. The molecule has 0 atom stereocenters. The van der Waals surface area contributed by atoms with Crippen LogP contribution in [-0.2, 0) is 0 Å². The SMILES string of the molecule is CCC(C)(C)NC(=O)c1sc2nc(C)c(C)c(C)c2c1N. The van der Waals surface area contributed by atoms with E-state index in [1.165, 1.54) is 11.3 Å². The molecule has 114 valence electrons. The number of carbonyl (C=O) groups excluding carboxylic acids is 1. The number of fused-ring (bicyclic) bond motifs is 1. The summed E-state index contributed by atoms with van der Waals surface area (Å²) in [5.41, 5.74) is 9.77. The number of carbonyl (C=O) groups is 1. The summed E-state index contributed by atoms with van der Waals surface area (Å²) in [7, 11) is 0. The van der Waals surface area contributed by atoms with E-state index in [-0.39, 0.29) is 11.4 Å². The van der Waals surface area contributed by atoms with Gasteiger partial charge in [0.15, 0.2) is 0 Å². The first-order valence-electron chi connectivity index (χ1n) is 7.16. The van der Waals surface area contributed by atoms with Crippen molar-refractivity contribution >= 4 is 33.1 Å². The third-order valence-corrected chi connectivity index (χ3v) is 5.32. The number of amides is 1. The van der Waals surface area contributed by atoms with Crippen molar-refractivity contribution in [2.75, 3.05) is 5.73 Å². The third kappa shape index (κ3) is 2.75. The molecular weight excluding hydrogens is 282 g/mol. The Balaban J connectivity index is 2.55. The summed E-state index contributed by atoms with van der Waals surface area (Å²) in [6, 6.07) is 0. The molecule has 1 amide bonds. The van der Waals surface area contributed by atoms with Crippen molar-refractivity contribution in [2.45, 2.75) is 53.5 Å². The van der Waals surface area contributed by atoms with Crippen LogP contribution in [-0.4, -0.2) is 16.4 Å². The largest absolute Gasteiger partial charge is 0.397 e. The quantitative estimate of drug-likeness (QED) is 0.908. The molecule has 21 heavy (non-hydrogen) atoms.